The number of anilines is 2. The molecule has 32 heavy (non-hydrogen) atoms. The van der Waals surface area contributed by atoms with E-state index in [1.165, 1.54) is 75.3 Å². The van der Waals surface area contributed by atoms with Crippen molar-refractivity contribution in [3.8, 4) is 0 Å². The van der Waals surface area contributed by atoms with Gasteiger partial charge in [0.05, 0.1) is 11.4 Å². The number of benzene rings is 2. The van der Waals surface area contributed by atoms with Crippen LogP contribution in [0.15, 0.2) is 48.5 Å². The van der Waals surface area contributed by atoms with Gasteiger partial charge in [-0.25, -0.2) is 4.79 Å². The molecule has 0 unspecified atom stereocenters. The van der Waals surface area contributed by atoms with Gasteiger partial charge in [0, 0.05) is 0 Å². The molecule has 2 aromatic carbocycles. The van der Waals surface area contributed by atoms with Gasteiger partial charge in [-0.1, -0.05) is 114 Å². The minimum absolute atomic E-state index is 0.407. The number of carbonyl (C=O) groups is 1. The molecule has 0 aliphatic heterocycles. The summed E-state index contributed by atoms with van der Waals surface area (Å²) in [4.78, 5) is 14.4. The molecule has 0 fully saturated rings. The Bertz CT molecular complexity index is 727. The highest BCUT2D eigenvalue weighted by atomic mass is 16.2. The van der Waals surface area contributed by atoms with Gasteiger partial charge in [0.25, 0.3) is 0 Å². The first-order chi connectivity index (χ1) is 15.7. The van der Waals surface area contributed by atoms with Crippen molar-refractivity contribution in [1.29, 1.82) is 0 Å². The Morgan fingerprint density at radius 1 is 0.625 bits per heavy atom. The van der Waals surface area contributed by atoms with E-state index in [0.29, 0.717) is 0 Å². The summed E-state index contributed by atoms with van der Waals surface area (Å²) >= 11 is 0. The van der Waals surface area contributed by atoms with E-state index in [9.17, 15) is 4.79 Å². The van der Waals surface area contributed by atoms with Gasteiger partial charge in [-0.3, -0.25) is 4.90 Å². The van der Waals surface area contributed by atoms with Gasteiger partial charge in [0.1, 0.15) is 0 Å². The number of nitrogens with zero attached hydrogens (tertiary/aromatic N) is 1. The summed E-state index contributed by atoms with van der Waals surface area (Å²) in [6, 6.07) is 16.1. The summed E-state index contributed by atoms with van der Waals surface area (Å²) in [5, 5.41) is 0. The molecule has 2 amide bonds. The van der Waals surface area contributed by atoms with Crippen LogP contribution in [-0.4, -0.2) is 6.03 Å². The summed E-state index contributed by atoms with van der Waals surface area (Å²) < 4.78 is 0. The van der Waals surface area contributed by atoms with Gasteiger partial charge in [-0.2, -0.15) is 0 Å². The minimum atomic E-state index is -0.407. The summed E-state index contributed by atoms with van der Waals surface area (Å²) in [7, 11) is 0. The molecule has 0 saturated heterocycles. The predicted molar refractivity (Wildman–Crippen MR) is 139 cm³/mol. The quantitative estimate of drug-likeness (QED) is 0.263. The number of hydrogen-bond donors (Lipinski definition) is 1. The molecule has 0 aliphatic rings. The van der Waals surface area contributed by atoms with Gasteiger partial charge in [0.2, 0.25) is 0 Å². The smallest absolute Gasteiger partial charge is 0.323 e. The molecule has 0 radical (unpaired) electrons. The Balaban J connectivity index is 2.11. The second-order valence-electron chi connectivity index (χ2n) is 8.97. The summed E-state index contributed by atoms with van der Waals surface area (Å²) in [6.45, 7) is 4.50. The third kappa shape index (κ3) is 8.68. The number of urea groups is 1. The van der Waals surface area contributed by atoms with Crippen molar-refractivity contribution in [1.82, 2.24) is 0 Å². The van der Waals surface area contributed by atoms with Crippen LogP contribution in [0.5, 0.6) is 0 Å². The fourth-order valence-corrected chi connectivity index (χ4v) is 4.44. The fraction of sp³-hybridized carbons (Fsp3) is 0.552. The average Bonchev–Trinajstić information content (AvgIpc) is 2.80. The number of rotatable bonds is 16. The minimum Gasteiger partial charge on any atom is -0.351 e. The Morgan fingerprint density at radius 2 is 1.00 bits per heavy atom. The zero-order valence-electron chi connectivity index (χ0n) is 20.5. The Hall–Kier alpha value is -2.29. The molecule has 0 aromatic heterocycles. The van der Waals surface area contributed by atoms with Gasteiger partial charge in [-0.05, 0) is 48.9 Å². The van der Waals surface area contributed by atoms with E-state index >= 15 is 0 Å². The molecular weight excluding hydrogens is 392 g/mol. The SMILES string of the molecule is CCCCCCCCc1ccccc1N(C(N)=O)c1ccccc1CCCCCCCC. The number of para-hydroxylation sites is 2. The zero-order valence-corrected chi connectivity index (χ0v) is 20.5. The Morgan fingerprint density at radius 3 is 1.41 bits per heavy atom. The molecule has 3 nitrogen and oxygen atoms in total. The first-order valence-electron chi connectivity index (χ1n) is 12.9. The molecule has 0 atom stereocenters. The highest BCUT2D eigenvalue weighted by Crippen LogP contribution is 2.33. The van der Waals surface area contributed by atoms with Crippen LogP contribution in [0.4, 0.5) is 16.2 Å². The van der Waals surface area contributed by atoms with Crippen molar-refractivity contribution in [2.45, 2.75) is 104 Å². The highest BCUT2D eigenvalue weighted by Gasteiger charge is 2.20. The molecule has 2 aromatic rings. The highest BCUT2D eigenvalue weighted by molar-refractivity contribution is 5.99. The first kappa shape index (κ1) is 26.0. The summed E-state index contributed by atoms with van der Waals surface area (Å²) in [5.74, 6) is 0. The van der Waals surface area contributed by atoms with Crippen LogP contribution in [0.25, 0.3) is 0 Å². The fourth-order valence-electron chi connectivity index (χ4n) is 4.44. The number of unbranched alkanes of at least 4 members (excludes halogenated alkanes) is 10. The molecular formula is C29H44N2O. The van der Waals surface area contributed by atoms with Gasteiger partial charge >= 0.3 is 6.03 Å². The maximum atomic E-state index is 12.6. The lowest BCUT2D eigenvalue weighted by Crippen LogP contribution is -2.33. The van der Waals surface area contributed by atoms with Crippen LogP contribution in [0.2, 0.25) is 0 Å². The number of aryl methyl sites for hydroxylation is 2. The molecule has 0 heterocycles. The lowest BCUT2D eigenvalue weighted by Gasteiger charge is -2.26. The Labute approximate surface area is 196 Å². The van der Waals surface area contributed by atoms with Crippen molar-refractivity contribution in [2.75, 3.05) is 4.90 Å². The molecule has 2 N–H and O–H groups in total. The molecule has 0 aliphatic carbocycles. The van der Waals surface area contributed by atoms with Crippen LogP contribution in [0.3, 0.4) is 0 Å². The lowest BCUT2D eigenvalue weighted by molar-refractivity contribution is 0.256. The van der Waals surface area contributed by atoms with E-state index in [2.05, 4.69) is 38.1 Å². The van der Waals surface area contributed by atoms with Crippen LogP contribution in [0, 0.1) is 0 Å². The van der Waals surface area contributed by atoms with E-state index < -0.39 is 6.03 Å². The van der Waals surface area contributed by atoms with Gasteiger partial charge in [-0.15, -0.1) is 0 Å². The van der Waals surface area contributed by atoms with Crippen molar-refractivity contribution in [3.05, 3.63) is 59.7 Å². The van der Waals surface area contributed by atoms with Crippen LogP contribution in [0.1, 0.15) is 102 Å². The number of primary amides is 1. The predicted octanol–water partition coefficient (Wildman–Crippen LogP) is 8.71. The number of amides is 2. The van der Waals surface area contributed by atoms with Crippen molar-refractivity contribution >= 4 is 17.4 Å². The summed E-state index contributed by atoms with van der Waals surface area (Å²) in [6.07, 6.45) is 17.1. The number of hydrogen-bond acceptors (Lipinski definition) is 1. The maximum absolute atomic E-state index is 12.6. The lowest BCUT2D eigenvalue weighted by atomic mass is 10.0. The number of carbonyl (C=O) groups excluding carboxylic acids is 1. The van der Waals surface area contributed by atoms with Crippen molar-refractivity contribution in [3.63, 3.8) is 0 Å². The van der Waals surface area contributed by atoms with Crippen LogP contribution < -0.4 is 10.6 Å². The molecule has 0 bridgehead atoms. The van der Waals surface area contributed by atoms with Gasteiger partial charge < -0.3 is 5.73 Å². The standard InChI is InChI=1S/C29H44N2O/c1-3-5-7-9-11-13-19-25-21-15-17-23-27(25)31(29(30)32)28-24-18-16-22-26(28)20-14-12-10-8-6-4-2/h15-18,21-24H,3-14,19-20H2,1-2H3,(H2,30,32). The van der Waals surface area contributed by atoms with Crippen molar-refractivity contribution < 1.29 is 4.79 Å². The van der Waals surface area contributed by atoms with Gasteiger partial charge in [0.15, 0.2) is 0 Å². The molecule has 176 valence electrons. The average molecular weight is 437 g/mol. The molecule has 0 spiro atoms. The van der Waals surface area contributed by atoms with Crippen LogP contribution >= 0.6 is 0 Å². The molecule has 3 heteroatoms. The molecule has 2 rings (SSSR count). The summed E-state index contributed by atoms with van der Waals surface area (Å²) in [5.41, 5.74) is 10.2. The first-order valence-corrected chi connectivity index (χ1v) is 12.9. The zero-order chi connectivity index (χ0) is 23.0. The van der Waals surface area contributed by atoms with E-state index in [4.69, 9.17) is 5.73 Å². The van der Waals surface area contributed by atoms with Crippen molar-refractivity contribution in [2.24, 2.45) is 5.73 Å². The monoisotopic (exact) mass is 436 g/mol. The van der Waals surface area contributed by atoms with E-state index in [1.807, 2.05) is 24.3 Å². The normalized spacial score (nSPS) is 10.9. The van der Waals surface area contributed by atoms with E-state index in [-0.39, 0.29) is 0 Å². The third-order valence-corrected chi connectivity index (χ3v) is 6.28. The topological polar surface area (TPSA) is 46.3 Å². The van der Waals surface area contributed by atoms with E-state index in [1.54, 1.807) is 4.90 Å². The second-order valence-corrected chi connectivity index (χ2v) is 8.97. The number of nitrogens with two attached hydrogens (primary N) is 1. The second kappa shape index (κ2) is 15.5. The van der Waals surface area contributed by atoms with E-state index in [0.717, 1.165) is 37.1 Å². The maximum Gasteiger partial charge on any atom is 0.323 e. The molecule has 0 saturated carbocycles. The Kier molecular flexibility index (Phi) is 12.6. The largest absolute Gasteiger partial charge is 0.351 e. The third-order valence-electron chi connectivity index (χ3n) is 6.28. The van der Waals surface area contributed by atoms with Crippen LogP contribution in [-0.2, 0) is 12.8 Å².